The van der Waals surface area contributed by atoms with E-state index in [0.717, 1.165) is 5.56 Å². The number of anilines is 1. The Morgan fingerprint density at radius 2 is 2.04 bits per heavy atom. The molecule has 0 aliphatic carbocycles. The largest absolute Gasteiger partial charge is 0.469 e. The molecule has 3 rings (SSSR count). The van der Waals surface area contributed by atoms with Gasteiger partial charge in [0.15, 0.2) is 0 Å². The van der Waals surface area contributed by atoms with Crippen LogP contribution in [-0.4, -0.2) is 20.2 Å². The smallest absolute Gasteiger partial charge is 0.268 e. The van der Waals surface area contributed by atoms with E-state index in [1.54, 1.807) is 13.0 Å². The molecule has 7 nitrogen and oxygen atoms in total. The van der Waals surface area contributed by atoms with Crippen molar-refractivity contribution in [2.45, 2.75) is 31.1 Å². The number of aryl methyl sites for hydroxylation is 2. The molecule has 2 amide bonds. The summed E-state index contributed by atoms with van der Waals surface area (Å²) in [4.78, 5) is 23.6. The highest BCUT2D eigenvalue weighted by molar-refractivity contribution is 7.90. The third kappa shape index (κ3) is 3.18. The number of fused-ring (bicyclic) bond motifs is 1. The maximum Gasteiger partial charge on any atom is 0.268 e. The fourth-order valence-corrected chi connectivity index (χ4v) is 3.59. The lowest BCUT2D eigenvalue weighted by Gasteiger charge is -2.11. The number of amides is 2. The van der Waals surface area contributed by atoms with Crippen LogP contribution in [0.3, 0.4) is 0 Å². The molecule has 0 atom stereocenters. The second-order valence-electron chi connectivity index (χ2n) is 5.55. The molecule has 1 aliphatic rings. The molecule has 2 aromatic rings. The van der Waals surface area contributed by atoms with E-state index >= 15 is 0 Å². The highest BCUT2D eigenvalue weighted by atomic mass is 32.2. The van der Waals surface area contributed by atoms with Gasteiger partial charge in [-0.1, -0.05) is 0 Å². The van der Waals surface area contributed by atoms with E-state index < -0.39 is 15.9 Å². The van der Waals surface area contributed by atoms with E-state index in [9.17, 15) is 18.0 Å². The van der Waals surface area contributed by atoms with Gasteiger partial charge in [0.2, 0.25) is 5.91 Å². The van der Waals surface area contributed by atoms with Gasteiger partial charge in [-0.25, -0.2) is 13.1 Å². The summed E-state index contributed by atoms with van der Waals surface area (Å²) in [6.45, 7) is 1.58. The van der Waals surface area contributed by atoms with Crippen LogP contribution in [0.15, 0.2) is 39.8 Å². The van der Waals surface area contributed by atoms with Crippen LogP contribution < -0.4 is 10.0 Å². The number of benzene rings is 1. The molecule has 8 heteroatoms. The Labute approximate surface area is 139 Å². The summed E-state index contributed by atoms with van der Waals surface area (Å²) >= 11 is 0. The second-order valence-corrected chi connectivity index (χ2v) is 7.23. The summed E-state index contributed by atoms with van der Waals surface area (Å²) in [6.07, 6.45) is 2.95. The van der Waals surface area contributed by atoms with Crippen molar-refractivity contribution in [3.05, 3.63) is 47.4 Å². The van der Waals surface area contributed by atoms with Crippen LogP contribution in [0.1, 0.15) is 34.5 Å². The number of hydrogen-bond donors (Lipinski definition) is 2. The minimum atomic E-state index is -4.02. The summed E-state index contributed by atoms with van der Waals surface area (Å²) in [7, 11) is -4.02. The molecule has 0 fully saturated rings. The van der Waals surface area contributed by atoms with Gasteiger partial charge in [0, 0.05) is 12.1 Å². The summed E-state index contributed by atoms with van der Waals surface area (Å²) in [6, 6.07) is 5.80. The standard InChI is InChI=1S/C16H16N2O5S/c1-10-13(7-8-23-10)16(20)18-24(21,22)12-5-6-14-11(9-12)3-2-4-15(19)17-14/h5-9H,2-4H2,1H3,(H,17,19)(H,18,20). The summed E-state index contributed by atoms with van der Waals surface area (Å²) < 4.78 is 31.9. The predicted octanol–water partition coefficient (Wildman–Crippen LogP) is 1.98. The zero-order valence-electron chi connectivity index (χ0n) is 13.0. The third-order valence-electron chi connectivity index (χ3n) is 3.84. The number of sulfonamides is 1. The monoisotopic (exact) mass is 348 g/mol. The first-order chi connectivity index (χ1) is 11.4. The number of furan rings is 1. The lowest BCUT2D eigenvalue weighted by atomic mass is 10.1. The highest BCUT2D eigenvalue weighted by Gasteiger charge is 2.23. The molecule has 0 radical (unpaired) electrons. The van der Waals surface area contributed by atoms with Gasteiger partial charge in [0.25, 0.3) is 15.9 Å². The number of carbonyl (C=O) groups is 2. The Morgan fingerprint density at radius 1 is 1.25 bits per heavy atom. The van der Waals surface area contributed by atoms with E-state index in [1.807, 2.05) is 4.72 Å². The molecule has 0 unspecified atom stereocenters. The first-order valence-corrected chi connectivity index (χ1v) is 8.89. The van der Waals surface area contributed by atoms with Crippen LogP contribution in [0.5, 0.6) is 0 Å². The van der Waals surface area contributed by atoms with Crippen molar-refractivity contribution in [2.75, 3.05) is 5.32 Å². The lowest BCUT2D eigenvalue weighted by molar-refractivity contribution is -0.116. The number of nitrogens with one attached hydrogen (secondary N) is 2. The molecule has 2 N–H and O–H groups in total. The van der Waals surface area contributed by atoms with E-state index in [1.165, 1.54) is 24.5 Å². The molecule has 0 bridgehead atoms. The van der Waals surface area contributed by atoms with Gasteiger partial charge < -0.3 is 9.73 Å². The zero-order valence-corrected chi connectivity index (χ0v) is 13.8. The Kier molecular flexibility index (Phi) is 4.15. The average molecular weight is 348 g/mol. The van der Waals surface area contributed by atoms with Crippen LogP contribution in [0, 0.1) is 6.92 Å². The summed E-state index contributed by atoms with van der Waals surface area (Å²) in [5.74, 6) is -0.495. The molecular formula is C16H16N2O5S. The Hall–Kier alpha value is -2.61. The van der Waals surface area contributed by atoms with Crippen molar-refractivity contribution in [2.24, 2.45) is 0 Å². The van der Waals surface area contributed by atoms with Gasteiger partial charge in [-0.2, -0.15) is 0 Å². The lowest BCUT2D eigenvalue weighted by Crippen LogP contribution is -2.30. The van der Waals surface area contributed by atoms with Gasteiger partial charge in [-0.05, 0) is 49.6 Å². The van der Waals surface area contributed by atoms with E-state index in [-0.39, 0.29) is 16.4 Å². The van der Waals surface area contributed by atoms with Gasteiger partial charge in [-0.15, -0.1) is 0 Å². The fourth-order valence-electron chi connectivity index (χ4n) is 2.57. The molecule has 1 aromatic heterocycles. The van der Waals surface area contributed by atoms with Gasteiger partial charge in [-0.3, -0.25) is 9.59 Å². The van der Waals surface area contributed by atoms with E-state index in [4.69, 9.17) is 4.42 Å². The number of carbonyl (C=O) groups excluding carboxylic acids is 2. The normalized spacial score (nSPS) is 14.5. The van der Waals surface area contributed by atoms with Crippen molar-refractivity contribution >= 4 is 27.5 Å². The Morgan fingerprint density at radius 3 is 2.75 bits per heavy atom. The molecule has 0 saturated heterocycles. The molecule has 0 saturated carbocycles. The maximum atomic E-state index is 12.4. The van der Waals surface area contributed by atoms with Gasteiger partial charge in [0.05, 0.1) is 16.7 Å². The third-order valence-corrected chi connectivity index (χ3v) is 5.17. The summed E-state index contributed by atoms with van der Waals surface area (Å²) in [5.41, 5.74) is 1.50. The van der Waals surface area contributed by atoms with Crippen molar-refractivity contribution < 1.29 is 22.4 Å². The van der Waals surface area contributed by atoms with E-state index in [2.05, 4.69) is 5.32 Å². The number of rotatable bonds is 3. The minimum Gasteiger partial charge on any atom is -0.469 e. The second kappa shape index (κ2) is 6.12. The molecule has 126 valence electrons. The summed E-state index contributed by atoms with van der Waals surface area (Å²) in [5, 5.41) is 2.74. The van der Waals surface area contributed by atoms with Gasteiger partial charge >= 0.3 is 0 Å². The van der Waals surface area contributed by atoms with E-state index in [0.29, 0.717) is 30.7 Å². The molecule has 2 heterocycles. The van der Waals surface area contributed by atoms with Crippen LogP contribution in [0.25, 0.3) is 0 Å². The molecule has 1 aromatic carbocycles. The Bertz CT molecular complexity index is 914. The first kappa shape index (κ1) is 16.3. The van der Waals surface area contributed by atoms with Crippen molar-refractivity contribution in [1.29, 1.82) is 0 Å². The minimum absolute atomic E-state index is 0.0214. The highest BCUT2D eigenvalue weighted by Crippen LogP contribution is 2.25. The van der Waals surface area contributed by atoms with Crippen molar-refractivity contribution in [3.8, 4) is 0 Å². The van der Waals surface area contributed by atoms with Crippen LogP contribution in [0.2, 0.25) is 0 Å². The van der Waals surface area contributed by atoms with Crippen molar-refractivity contribution in [1.82, 2.24) is 4.72 Å². The Balaban J connectivity index is 1.88. The zero-order chi connectivity index (χ0) is 17.3. The van der Waals surface area contributed by atoms with Crippen LogP contribution >= 0.6 is 0 Å². The molecule has 1 aliphatic heterocycles. The first-order valence-electron chi connectivity index (χ1n) is 7.41. The SMILES string of the molecule is Cc1occc1C(=O)NS(=O)(=O)c1ccc2c(c1)CCCC(=O)N2. The fraction of sp³-hybridized carbons (Fsp3) is 0.250. The maximum absolute atomic E-state index is 12.4. The molecule has 0 spiro atoms. The number of hydrogen-bond acceptors (Lipinski definition) is 5. The topological polar surface area (TPSA) is 105 Å². The van der Waals surface area contributed by atoms with Crippen LogP contribution in [-0.2, 0) is 21.2 Å². The van der Waals surface area contributed by atoms with Crippen molar-refractivity contribution in [3.63, 3.8) is 0 Å². The predicted molar refractivity (Wildman–Crippen MR) is 86.1 cm³/mol. The molecular weight excluding hydrogens is 332 g/mol. The average Bonchev–Trinajstić information content (AvgIpc) is 2.85. The quantitative estimate of drug-likeness (QED) is 0.882. The van der Waals surface area contributed by atoms with Gasteiger partial charge in [0.1, 0.15) is 5.76 Å². The van der Waals surface area contributed by atoms with Crippen LogP contribution in [0.4, 0.5) is 5.69 Å². The molecule has 24 heavy (non-hydrogen) atoms.